The highest BCUT2D eigenvalue weighted by Crippen LogP contribution is 2.30. The number of fused-ring (bicyclic) bond motifs is 1. The zero-order chi connectivity index (χ0) is 21.5. The summed E-state index contributed by atoms with van der Waals surface area (Å²) in [5, 5.41) is 2.90. The number of ether oxygens (including phenoxy) is 2. The fraction of sp³-hybridized carbons (Fsp3) is 0.348. The molecule has 30 heavy (non-hydrogen) atoms. The molecule has 1 unspecified atom stereocenters. The van der Waals surface area contributed by atoms with Gasteiger partial charge in [0.15, 0.2) is 0 Å². The molecule has 1 amide bonds. The van der Waals surface area contributed by atoms with Gasteiger partial charge in [0.25, 0.3) is 5.91 Å². The smallest absolute Gasteiger partial charge is 0.308 e. The minimum atomic E-state index is -0.556. The number of carbonyl (C=O) groups excluding carboxylic acids is 2. The van der Waals surface area contributed by atoms with E-state index in [-0.39, 0.29) is 11.9 Å². The van der Waals surface area contributed by atoms with Crippen LogP contribution in [0.15, 0.2) is 47.5 Å². The lowest BCUT2D eigenvalue weighted by Crippen LogP contribution is -2.28. The SMILES string of the molecule is CCCC(=O)OC1CCc2cc(NC(=O)c3ccc(C(N)=NCC)cc3)ccc2O1. The minimum Gasteiger partial charge on any atom is -0.454 e. The summed E-state index contributed by atoms with van der Waals surface area (Å²) in [4.78, 5) is 28.4. The number of amides is 1. The van der Waals surface area contributed by atoms with E-state index in [0.29, 0.717) is 48.6 Å². The van der Waals surface area contributed by atoms with E-state index in [1.54, 1.807) is 36.4 Å². The second-order valence-electron chi connectivity index (χ2n) is 7.04. The third-order valence-corrected chi connectivity index (χ3v) is 4.71. The van der Waals surface area contributed by atoms with Gasteiger partial charge in [-0.05, 0) is 55.7 Å². The average molecular weight is 409 g/mol. The maximum atomic E-state index is 12.6. The number of hydrogen-bond donors (Lipinski definition) is 2. The number of anilines is 1. The number of aliphatic imine (C=N–C) groups is 1. The van der Waals surface area contributed by atoms with Crippen molar-refractivity contribution in [3.8, 4) is 5.75 Å². The van der Waals surface area contributed by atoms with E-state index in [0.717, 1.165) is 17.5 Å². The molecule has 0 fully saturated rings. The van der Waals surface area contributed by atoms with Crippen LogP contribution in [0, 0.1) is 0 Å². The van der Waals surface area contributed by atoms with Gasteiger partial charge < -0.3 is 20.5 Å². The summed E-state index contributed by atoms with van der Waals surface area (Å²) in [5.74, 6) is 0.667. The second kappa shape index (κ2) is 9.91. The van der Waals surface area contributed by atoms with Crippen LogP contribution in [0.25, 0.3) is 0 Å². The fourth-order valence-corrected chi connectivity index (χ4v) is 3.19. The van der Waals surface area contributed by atoms with E-state index in [1.807, 2.05) is 19.9 Å². The predicted molar refractivity (Wildman–Crippen MR) is 116 cm³/mol. The predicted octanol–water partition coefficient (Wildman–Crippen LogP) is 3.66. The summed E-state index contributed by atoms with van der Waals surface area (Å²) >= 11 is 0. The van der Waals surface area contributed by atoms with E-state index in [9.17, 15) is 9.59 Å². The summed E-state index contributed by atoms with van der Waals surface area (Å²) in [6.45, 7) is 4.45. The number of rotatable bonds is 7. The lowest BCUT2D eigenvalue weighted by molar-refractivity contribution is -0.165. The summed E-state index contributed by atoms with van der Waals surface area (Å²) in [7, 11) is 0. The lowest BCUT2D eigenvalue weighted by atomic mass is 10.0. The average Bonchev–Trinajstić information content (AvgIpc) is 2.74. The molecule has 2 aromatic carbocycles. The Bertz CT molecular complexity index is 938. The van der Waals surface area contributed by atoms with E-state index >= 15 is 0 Å². The first-order valence-corrected chi connectivity index (χ1v) is 10.2. The number of nitrogens with zero attached hydrogens (tertiary/aromatic N) is 1. The van der Waals surface area contributed by atoms with E-state index in [2.05, 4.69) is 10.3 Å². The van der Waals surface area contributed by atoms with Gasteiger partial charge >= 0.3 is 5.97 Å². The number of carbonyl (C=O) groups is 2. The third-order valence-electron chi connectivity index (χ3n) is 4.71. The number of aryl methyl sites for hydroxylation is 1. The molecule has 0 bridgehead atoms. The van der Waals surface area contributed by atoms with E-state index in [4.69, 9.17) is 15.2 Å². The van der Waals surface area contributed by atoms with Crippen LogP contribution in [0.3, 0.4) is 0 Å². The van der Waals surface area contributed by atoms with Crippen molar-refractivity contribution in [2.24, 2.45) is 10.7 Å². The number of benzene rings is 2. The summed E-state index contributed by atoms with van der Waals surface area (Å²) in [5.41, 5.74) is 8.84. The molecular formula is C23H27N3O4. The van der Waals surface area contributed by atoms with E-state index in [1.165, 1.54) is 0 Å². The maximum absolute atomic E-state index is 12.6. The Morgan fingerprint density at radius 1 is 1.17 bits per heavy atom. The summed E-state index contributed by atoms with van der Waals surface area (Å²) in [6.07, 6.45) is 1.86. The van der Waals surface area contributed by atoms with Crippen molar-refractivity contribution in [1.82, 2.24) is 0 Å². The van der Waals surface area contributed by atoms with Gasteiger partial charge in [-0.2, -0.15) is 0 Å². The highest BCUT2D eigenvalue weighted by atomic mass is 16.7. The van der Waals surface area contributed by atoms with Crippen LogP contribution in [-0.4, -0.2) is 30.5 Å². The number of nitrogens with one attached hydrogen (secondary N) is 1. The molecule has 0 radical (unpaired) electrons. The van der Waals surface area contributed by atoms with Gasteiger partial charge in [-0.1, -0.05) is 19.1 Å². The molecule has 1 atom stereocenters. The molecule has 1 aliphatic rings. The monoisotopic (exact) mass is 409 g/mol. The Kier molecular flexibility index (Phi) is 7.06. The molecule has 3 N–H and O–H groups in total. The van der Waals surface area contributed by atoms with Crippen molar-refractivity contribution >= 4 is 23.4 Å². The Labute approximate surface area is 176 Å². The van der Waals surface area contributed by atoms with Crippen LogP contribution in [0.2, 0.25) is 0 Å². The number of esters is 1. The Hall–Kier alpha value is -3.35. The third kappa shape index (κ3) is 5.37. The molecule has 0 spiro atoms. The van der Waals surface area contributed by atoms with Crippen LogP contribution < -0.4 is 15.8 Å². The first-order chi connectivity index (χ1) is 14.5. The topological polar surface area (TPSA) is 103 Å². The van der Waals surface area contributed by atoms with Crippen molar-refractivity contribution in [3.05, 3.63) is 59.2 Å². The Morgan fingerprint density at radius 2 is 1.90 bits per heavy atom. The van der Waals surface area contributed by atoms with Gasteiger partial charge in [-0.3, -0.25) is 14.6 Å². The van der Waals surface area contributed by atoms with Gasteiger partial charge in [0.1, 0.15) is 11.6 Å². The summed E-state index contributed by atoms with van der Waals surface area (Å²) < 4.78 is 11.1. The highest BCUT2D eigenvalue weighted by molar-refractivity contribution is 6.05. The molecule has 1 aliphatic heterocycles. The van der Waals surface area contributed by atoms with Crippen LogP contribution in [0.1, 0.15) is 54.6 Å². The highest BCUT2D eigenvalue weighted by Gasteiger charge is 2.23. The molecular weight excluding hydrogens is 382 g/mol. The van der Waals surface area contributed by atoms with Gasteiger partial charge in [0.05, 0.1) is 0 Å². The normalized spacial score (nSPS) is 15.7. The second-order valence-corrected chi connectivity index (χ2v) is 7.04. The van der Waals surface area contributed by atoms with Crippen molar-refractivity contribution in [3.63, 3.8) is 0 Å². The molecule has 0 saturated heterocycles. The number of hydrogen-bond acceptors (Lipinski definition) is 5. The first-order valence-electron chi connectivity index (χ1n) is 10.2. The number of amidine groups is 1. The van der Waals surface area contributed by atoms with Crippen molar-refractivity contribution in [1.29, 1.82) is 0 Å². The van der Waals surface area contributed by atoms with Gasteiger partial charge in [-0.15, -0.1) is 0 Å². The molecule has 7 nitrogen and oxygen atoms in total. The minimum absolute atomic E-state index is 0.212. The zero-order valence-corrected chi connectivity index (χ0v) is 17.3. The largest absolute Gasteiger partial charge is 0.454 e. The molecule has 7 heteroatoms. The Morgan fingerprint density at radius 3 is 2.60 bits per heavy atom. The van der Waals surface area contributed by atoms with Crippen LogP contribution >= 0.6 is 0 Å². The lowest BCUT2D eigenvalue weighted by Gasteiger charge is -2.26. The molecule has 3 rings (SSSR count). The van der Waals surface area contributed by atoms with Crippen LogP contribution in [-0.2, 0) is 16.0 Å². The van der Waals surface area contributed by atoms with Crippen molar-refractivity contribution in [2.75, 3.05) is 11.9 Å². The molecule has 0 saturated carbocycles. The molecule has 158 valence electrons. The van der Waals surface area contributed by atoms with Crippen LogP contribution in [0.4, 0.5) is 5.69 Å². The van der Waals surface area contributed by atoms with Gasteiger partial charge in [0.2, 0.25) is 6.29 Å². The standard InChI is InChI=1S/C23H27N3O4/c1-3-5-20(27)30-21-13-10-17-14-18(11-12-19(17)29-21)26-23(28)16-8-6-15(7-9-16)22(24)25-4-2/h6-9,11-12,14,21H,3-5,10,13H2,1-2H3,(H2,24,25)(H,26,28). The van der Waals surface area contributed by atoms with Gasteiger partial charge in [-0.25, -0.2) is 0 Å². The van der Waals surface area contributed by atoms with Gasteiger partial charge in [0, 0.05) is 36.2 Å². The van der Waals surface area contributed by atoms with E-state index < -0.39 is 6.29 Å². The van der Waals surface area contributed by atoms with Crippen LogP contribution in [0.5, 0.6) is 5.75 Å². The quantitative estimate of drug-likeness (QED) is 0.413. The summed E-state index contributed by atoms with van der Waals surface area (Å²) in [6, 6.07) is 12.5. The van der Waals surface area contributed by atoms with Crippen molar-refractivity contribution < 1.29 is 19.1 Å². The molecule has 1 heterocycles. The molecule has 2 aromatic rings. The zero-order valence-electron chi connectivity index (χ0n) is 17.3. The van der Waals surface area contributed by atoms with Crippen molar-refractivity contribution in [2.45, 2.75) is 45.8 Å². The maximum Gasteiger partial charge on any atom is 0.308 e. The Balaban J connectivity index is 1.62. The fourth-order valence-electron chi connectivity index (χ4n) is 3.19. The molecule has 0 aromatic heterocycles. The molecule has 0 aliphatic carbocycles. The first kappa shape index (κ1) is 21.4. The number of nitrogens with two attached hydrogens (primary N) is 1.